The second-order valence-electron chi connectivity index (χ2n) is 9.45. The maximum Gasteiger partial charge on any atom is 0.328 e. The molecule has 6 atom stereocenters. The number of benzene rings is 1. The van der Waals surface area contributed by atoms with Crippen LogP contribution >= 0.6 is 39.1 Å². The van der Waals surface area contributed by atoms with Crippen LogP contribution < -0.4 is 10.5 Å². The Morgan fingerprint density at radius 2 is 1.84 bits per heavy atom. The van der Waals surface area contributed by atoms with Gasteiger partial charge in [-0.3, -0.25) is 24.1 Å². The van der Waals surface area contributed by atoms with Crippen molar-refractivity contribution < 1.29 is 33.8 Å². The average molecular weight is 615 g/mol. The van der Waals surface area contributed by atoms with Crippen molar-refractivity contribution in [1.82, 2.24) is 9.80 Å². The minimum atomic E-state index is -1.98. The Kier molecular flexibility index (Phi) is 6.41. The van der Waals surface area contributed by atoms with Gasteiger partial charge in [0.25, 0.3) is 11.8 Å². The van der Waals surface area contributed by atoms with Gasteiger partial charge in [0.05, 0.1) is 23.9 Å². The van der Waals surface area contributed by atoms with Crippen molar-refractivity contribution in [1.29, 1.82) is 0 Å². The van der Waals surface area contributed by atoms with Crippen LogP contribution in [0.4, 0.5) is 4.79 Å². The van der Waals surface area contributed by atoms with Gasteiger partial charge < -0.3 is 15.6 Å². The number of hydrogen-bond acceptors (Lipinski definition) is 7. The summed E-state index contributed by atoms with van der Waals surface area (Å²) in [4.78, 5) is 62.9. The summed E-state index contributed by atoms with van der Waals surface area (Å²) in [6.45, 7) is -0.312. The number of aliphatic hydroxyl groups is 1. The molecule has 2 saturated heterocycles. The Morgan fingerprint density at radius 1 is 1.14 bits per heavy atom. The van der Waals surface area contributed by atoms with Crippen molar-refractivity contribution in [3.63, 3.8) is 0 Å². The molecule has 5 rings (SSSR count). The molecule has 3 N–H and O–H groups in total. The van der Waals surface area contributed by atoms with Crippen LogP contribution in [0.5, 0.6) is 5.75 Å². The smallest absolute Gasteiger partial charge is 0.328 e. The zero-order valence-corrected chi connectivity index (χ0v) is 22.3. The first-order valence-corrected chi connectivity index (χ1v) is 13.4. The first-order valence-electron chi connectivity index (χ1n) is 11.5. The van der Waals surface area contributed by atoms with Crippen molar-refractivity contribution in [3.8, 4) is 5.75 Å². The summed E-state index contributed by atoms with van der Waals surface area (Å²) in [6, 6.07) is 5.55. The Morgan fingerprint density at radius 3 is 2.49 bits per heavy atom. The molecule has 10 nitrogen and oxygen atoms in total. The molecular weight excluding hydrogens is 593 g/mol. The molecule has 4 aliphatic rings. The molecule has 0 unspecified atom stereocenters. The molecule has 2 heterocycles. The molecule has 6 amide bonds. The molecule has 37 heavy (non-hydrogen) atoms. The van der Waals surface area contributed by atoms with E-state index in [9.17, 15) is 29.1 Å². The van der Waals surface area contributed by atoms with Gasteiger partial charge in [-0.1, -0.05) is 45.8 Å². The van der Waals surface area contributed by atoms with Crippen molar-refractivity contribution in [2.75, 3.05) is 18.7 Å². The average Bonchev–Trinajstić information content (AvgIpc) is 3.21. The van der Waals surface area contributed by atoms with Gasteiger partial charge in [0.2, 0.25) is 11.8 Å². The highest BCUT2D eigenvalue weighted by atomic mass is 79.9. The molecule has 196 valence electrons. The van der Waals surface area contributed by atoms with E-state index in [0.29, 0.717) is 21.8 Å². The Bertz CT molecular complexity index is 1270. The fourth-order valence-electron chi connectivity index (χ4n) is 6.32. The molecule has 0 bridgehead atoms. The minimum absolute atomic E-state index is 0.0425. The standard InChI is InChI=1S/C24H22BrCl2N3O7/c25-10-29-20(34)23(26)9-14-11(5-6-13-16(14)19(33)30(18(13)32)22(28)36)17(24(23,27)21(29)35)12-3-1-2-4-15(12)37-8-7-31/h1-5,13-14,16-17,31H,6-10H2,(H2,28,36)/t13-,14+,16-,17+,23+,24-/m0/s1. The van der Waals surface area contributed by atoms with Crippen LogP contribution in [0.25, 0.3) is 0 Å². The number of allylic oxidation sites excluding steroid dienone is 2. The summed E-state index contributed by atoms with van der Waals surface area (Å²) in [6.07, 6.45) is 1.64. The lowest BCUT2D eigenvalue weighted by Crippen LogP contribution is -2.60. The van der Waals surface area contributed by atoms with E-state index in [0.717, 1.165) is 4.90 Å². The van der Waals surface area contributed by atoms with Gasteiger partial charge in [-0.15, -0.1) is 23.2 Å². The monoisotopic (exact) mass is 613 g/mol. The zero-order chi connectivity index (χ0) is 26.9. The molecule has 2 aliphatic heterocycles. The van der Waals surface area contributed by atoms with Gasteiger partial charge >= 0.3 is 6.03 Å². The fraction of sp³-hybridized carbons (Fsp3) is 0.458. The Hall–Kier alpha value is -2.47. The summed E-state index contributed by atoms with van der Waals surface area (Å²) in [5, 5.41) is 9.32. The highest BCUT2D eigenvalue weighted by Crippen LogP contribution is 2.66. The van der Waals surface area contributed by atoms with Crippen molar-refractivity contribution in [3.05, 3.63) is 41.5 Å². The topological polar surface area (TPSA) is 147 Å². The zero-order valence-electron chi connectivity index (χ0n) is 19.2. The number of nitrogens with two attached hydrogens (primary N) is 1. The molecule has 13 heteroatoms. The lowest BCUT2D eigenvalue weighted by atomic mass is 9.56. The van der Waals surface area contributed by atoms with E-state index in [1.165, 1.54) is 0 Å². The van der Waals surface area contributed by atoms with Crippen LogP contribution in [0.2, 0.25) is 0 Å². The van der Waals surface area contributed by atoms with Crippen LogP contribution in [0.3, 0.4) is 0 Å². The van der Waals surface area contributed by atoms with E-state index >= 15 is 0 Å². The van der Waals surface area contributed by atoms with Crippen molar-refractivity contribution in [2.45, 2.75) is 28.5 Å². The van der Waals surface area contributed by atoms with Crippen molar-refractivity contribution in [2.24, 2.45) is 23.5 Å². The third-order valence-corrected chi connectivity index (χ3v) is 9.73. The number of rotatable bonds is 5. The third kappa shape index (κ3) is 3.36. The minimum Gasteiger partial charge on any atom is -0.491 e. The largest absolute Gasteiger partial charge is 0.491 e. The number of nitrogens with zero attached hydrogens (tertiary/aromatic N) is 2. The number of imide groups is 4. The Balaban J connectivity index is 1.73. The number of halogens is 3. The van der Waals surface area contributed by atoms with Gasteiger partial charge in [-0.05, 0) is 24.8 Å². The predicted octanol–water partition coefficient (Wildman–Crippen LogP) is 1.85. The molecule has 0 spiro atoms. The number of primary amides is 1. The van der Waals surface area contributed by atoms with Crippen LogP contribution in [0.15, 0.2) is 35.9 Å². The molecule has 0 aromatic heterocycles. The predicted molar refractivity (Wildman–Crippen MR) is 134 cm³/mol. The fourth-order valence-corrected chi connectivity index (χ4v) is 7.74. The second-order valence-corrected chi connectivity index (χ2v) is 11.2. The van der Waals surface area contributed by atoms with Crippen LogP contribution in [-0.2, 0) is 19.2 Å². The van der Waals surface area contributed by atoms with E-state index in [1.807, 2.05) is 0 Å². The number of para-hydroxylation sites is 1. The number of urea groups is 1. The summed E-state index contributed by atoms with van der Waals surface area (Å²) >= 11 is 17.4. The van der Waals surface area contributed by atoms with Gasteiger partial charge in [0.1, 0.15) is 12.4 Å². The lowest BCUT2D eigenvalue weighted by molar-refractivity contribution is -0.139. The number of ether oxygens (including phenoxy) is 1. The molecule has 2 aliphatic carbocycles. The number of likely N-dealkylation sites (tertiary alicyclic amines) is 2. The summed E-state index contributed by atoms with van der Waals surface area (Å²) in [7, 11) is 0. The number of alkyl halides is 3. The van der Waals surface area contributed by atoms with Gasteiger partial charge in [-0.2, -0.15) is 4.90 Å². The number of fused-ring (bicyclic) bond motifs is 4. The van der Waals surface area contributed by atoms with Gasteiger partial charge in [0.15, 0.2) is 9.75 Å². The van der Waals surface area contributed by atoms with Crippen LogP contribution in [0, 0.1) is 17.8 Å². The summed E-state index contributed by atoms with van der Waals surface area (Å²) < 4.78 is 5.75. The van der Waals surface area contributed by atoms with Crippen LogP contribution in [-0.4, -0.2) is 73.0 Å². The highest BCUT2D eigenvalue weighted by molar-refractivity contribution is 9.09. The molecule has 1 aromatic carbocycles. The van der Waals surface area contributed by atoms with Gasteiger partial charge in [-0.25, -0.2) is 4.79 Å². The molecule has 1 saturated carbocycles. The summed E-state index contributed by atoms with van der Waals surface area (Å²) in [5.74, 6) is -6.27. The number of aliphatic hydroxyl groups excluding tert-OH is 1. The van der Waals surface area contributed by atoms with Crippen LogP contribution in [0.1, 0.15) is 24.3 Å². The molecular formula is C24H22BrCl2N3O7. The first kappa shape index (κ1) is 26.1. The first-order chi connectivity index (χ1) is 17.5. The maximum absolute atomic E-state index is 13.7. The molecule has 3 fully saturated rings. The van der Waals surface area contributed by atoms with E-state index in [1.54, 1.807) is 30.3 Å². The SMILES string of the molecule is NC(=O)N1C(=O)[C@H]2[C@H](CC=C3[C@H]2C[C@@]2(Cl)C(=O)N(CBr)C(=O)[C@@]2(Cl)[C@H]3c2ccccc2OCCO)C1=O. The number of carbonyl (C=O) groups excluding carboxylic acids is 5. The maximum atomic E-state index is 13.7. The van der Waals surface area contributed by atoms with E-state index in [-0.39, 0.29) is 31.5 Å². The molecule has 1 aromatic rings. The Labute approximate surface area is 229 Å². The van der Waals surface area contributed by atoms with Crippen molar-refractivity contribution >= 4 is 68.8 Å². The molecule has 0 radical (unpaired) electrons. The summed E-state index contributed by atoms with van der Waals surface area (Å²) in [5.41, 5.74) is 6.17. The van der Waals surface area contributed by atoms with Gasteiger partial charge in [0, 0.05) is 11.5 Å². The van der Waals surface area contributed by atoms with E-state index in [2.05, 4.69) is 15.9 Å². The third-order valence-electron chi connectivity index (χ3n) is 7.81. The normalized spacial score (nSPS) is 34.8. The number of amides is 6. The number of hydrogen-bond donors (Lipinski definition) is 2. The van der Waals surface area contributed by atoms with E-state index in [4.69, 9.17) is 33.7 Å². The second kappa shape index (κ2) is 9.07. The highest BCUT2D eigenvalue weighted by Gasteiger charge is 2.76. The van der Waals surface area contributed by atoms with E-state index < -0.39 is 63.1 Å². The lowest BCUT2D eigenvalue weighted by Gasteiger charge is -2.51. The number of carbonyl (C=O) groups is 5. The quantitative estimate of drug-likeness (QED) is 0.223.